The predicted molar refractivity (Wildman–Crippen MR) is 115 cm³/mol. The van der Waals surface area contributed by atoms with Gasteiger partial charge in [-0.1, -0.05) is 23.9 Å². The van der Waals surface area contributed by atoms with Crippen LogP contribution in [0.15, 0.2) is 52.4 Å². The Morgan fingerprint density at radius 1 is 1.23 bits per heavy atom. The smallest absolute Gasteiger partial charge is 0.341 e. The van der Waals surface area contributed by atoms with Crippen LogP contribution in [0.1, 0.15) is 18.7 Å². The summed E-state index contributed by atoms with van der Waals surface area (Å²) in [4.78, 5) is 26.6. The number of H-pyrrole nitrogens is 1. The first-order valence-electron chi connectivity index (χ1n) is 9.59. The number of nitrogens with one attached hydrogen (secondary N) is 2. The summed E-state index contributed by atoms with van der Waals surface area (Å²) < 4.78 is 12.7. The number of aromatic amines is 1. The lowest BCUT2D eigenvalue weighted by Gasteiger charge is -2.23. The fourth-order valence-corrected chi connectivity index (χ4v) is 3.79. The minimum absolute atomic E-state index is 0.232. The summed E-state index contributed by atoms with van der Waals surface area (Å²) in [5.41, 5.74) is 2.55. The summed E-state index contributed by atoms with van der Waals surface area (Å²) in [6, 6.07) is 12.8. The lowest BCUT2D eigenvalue weighted by Crippen LogP contribution is -2.55. The van der Waals surface area contributed by atoms with Crippen molar-refractivity contribution in [3.05, 3.63) is 58.4 Å². The van der Waals surface area contributed by atoms with E-state index in [0.29, 0.717) is 29.0 Å². The quantitative estimate of drug-likeness (QED) is 0.378. The zero-order chi connectivity index (χ0) is 22.0. The fourth-order valence-electron chi connectivity index (χ4n) is 3.43. The summed E-state index contributed by atoms with van der Waals surface area (Å²) in [6.45, 7) is 1.74. The van der Waals surface area contributed by atoms with Crippen molar-refractivity contribution < 1.29 is 24.1 Å². The predicted octanol–water partition coefficient (Wildman–Crippen LogP) is 2.28. The Morgan fingerprint density at radius 2 is 2.03 bits per heavy atom. The molecule has 1 atom stereocenters. The molecular weight excluding hydrogens is 420 g/mol. The van der Waals surface area contributed by atoms with Gasteiger partial charge in [0, 0.05) is 10.7 Å². The van der Waals surface area contributed by atoms with Gasteiger partial charge in [-0.05, 0) is 48.2 Å². The standard InChI is InChI=1S/C21H20N4O5S/c1-3-29-16-10-12(8-9-15(16)30-11-17(26)27)19-22-14-7-5-4-6-13(14)18-20(28)23-21(31-2)24-25(18)19/h4-10,19H,3,11H2,1-2H3,(H2,23,24,26,27,28)/p+1/t19-/m0/s1. The molecule has 2 heterocycles. The van der Waals surface area contributed by atoms with Gasteiger partial charge in [-0.3, -0.25) is 9.78 Å². The highest BCUT2D eigenvalue weighted by molar-refractivity contribution is 7.98. The number of benzene rings is 2. The average Bonchev–Trinajstić information content (AvgIpc) is 2.77. The third-order valence-corrected chi connectivity index (χ3v) is 5.28. The fraction of sp³-hybridized carbons (Fsp3) is 0.238. The number of nitrogens with zero attached hydrogens (tertiary/aromatic N) is 2. The highest BCUT2D eigenvalue weighted by Crippen LogP contribution is 2.35. The SMILES string of the molecule is CCOc1cc([C@H]2Nc3ccccc3-c3c(=O)[nH]c(SC)n[n+]32)ccc1OCC(=O)O. The first-order valence-corrected chi connectivity index (χ1v) is 10.8. The number of hydrogen-bond acceptors (Lipinski definition) is 7. The molecular formula is C21H21N4O5S+. The summed E-state index contributed by atoms with van der Waals surface area (Å²) in [7, 11) is 0. The average molecular weight is 441 g/mol. The summed E-state index contributed by atoms with van der Waals surface area (Å²) in [5.74, 6) is -0.327. The first kappa shape index (κ1) is 20.7. The number of anilines is 1. The number of hydrogen-bond donors (Lipinski definition) is 3. The van der Waals surface area contributed by atoms with Crippen LogP contribution >= 0.6 is 11.8 Å². The number of para-hydroxylation sites is 1. The lowest BCUT2D eigenvalue weighted by atomic mass is 10.0. The number of ether oxygens (including phenoxy) is 2. The maximum atomic E-state index is 12.9. The monoisotopic (exact) mass is 441 g/mol. The molecule has 0 spiro atoms. The molecule has 9 nitrogen and oxygen atoms in total. The minimum Gasteiger partial charge on any atom is -0.490 e. The van der Waals surface area contributed by atoms with Gasteiger partial charge in [0.15, 0.2) is 18.1 Å². The van der Waals surface area contributed by atoms with Crippen LogP contribution in [-0.4, -0.2) is 40.6 Å². The number of aliphatic carboxylic acids is 1. The molecule has 0 aliphatic carbocycles. The van der Waals surface area contributed by atoms with Crippen LogP contribution in [-0.2, 0) is 4.79 Å². The molecule has 0 radical (unpaired) electrons. The lowest BCUT2D eigenvalue weighted by molar-refractivity contribution is -0.759. The number of carbonyl (C=O) groups is 1. The zero-order valence-corrected chi connectivity index (χ0v) is 17.7. The summed E-state index contributed by atoms with van der Waals surface area (Å²) >= 11 is 1.34. The normalized spacial score (nSPS) is 14.2. The molecule has 160 valence electrons. The van der Waals surface area contributed by atoms with E-state index >= 15 is 0 Å². The van der Waals surface area contributed by atoms with E-state index in [0.717, 1.165) is 16.8 Å². The summed E-state index contributed by atoms with van der Waals surface area (Å²) in [6.07, 6.45) is 1.36. The van der Waals surface area contributed by atoms with Crippen molar-refractivity contribution in [2.24, 2.45) is 0 Å². The van der Waals surface area contributed by atoms with Crippen LogP contribution in [0.3, 0.4) is 0 Å². The molecule has 2 aromatic carbocycles. The van der Waals surface area contributed by atoms with Crippen molar-refractivity contribution in [2.75, 3.05) is 24.8 Å². The maximum absolute atomic E-state index is 12.9. The van der Waals surface area contributed by atoms with Crippen LogP contribution in [0.2, 0.25) is 0 Å². The first-order chi connectivity index (χ1) is 15.0. The van der Waals surface area contributed by atoms with Gasteiger partial charge in [0.2, 0.25) is 5.16 Å². The van der Waals surface area contributed by atoms with E-state index in [1.807, 2.05) is 37.4 Å². The van der Waals surface area contributed by atoms with Gasteiger partial charge in [0.05, 0.1) is 17.9 Å². The molecule has 0 amide bonds. The number of fused-ring (bicyclic) bond motifs is 3. The van der Waals surface area contributed by atoms with Crippen molar-refractivity contribution in [3.8, 4) is 22.8 Å². The molecule has 0 unspecified atom stereocenters. The number of rotatable bonds is 7. The topological polar surface area (TPSA) is 117 Å². The Bertz CT molecular complexity index is 1200. The van der Waals surface area contributed by atoms with Crippen molar-refractivity contribution in [1.29, 1.82) is 0 Å². The Kier molecular flexibility index (Phi) is 5.81. The van der Waals surface area contributed by atoms with Gasteiger partial charge in [-0.25, -0.2) is 4.79 Å². The molecule has 1 aliphatic heterocycles. The van der Waals surface area contributed by atoms with Crippen molar-refractivity contribution >= 4 is 23.4 Å². The third kappa shape index (κ3) is 4.06. The van der Waals surface area contributed by atoms with Gasteiger partial charge in [0.1, 0.15) is 0 Å². The van der Waals surface area contributed by atoms with E-state index in [1.54, 1.807) is 22.9 Å². The largest absolute Gasteiger partial charge is 0.490 e. The second-order valence-electron chi connectivity index (χ2n) is 6.67. The van der Waals surface area contributed by atoms with Crippen LogP contribution < -0.4 is 25.0 Å². The van der Waals surface area contributed by atoms with Crippen LogP contribution in [0, 0.1) is 0 Å². The summed E-state index contributed by atoms with van der Waals surface area (Å²) in [5, 5.41) is 17.5. The molecule has 0 fully saturated rings. The van der Waals surface area contributed by atoms with E-state index in [2.05, 4.69) is 15.4 Å². The molecule has 0 saturated carbocycles. The molecule has 4 rings (SSSR count). The molecule has 3 aromatic rings. The van der Waals surface area contributed by atoms with Gasteiger partial charge in [-0.2, -0.15) is 0 Å². The highest BCUT2D eigenvalue weighted by Gasteiger charge is 2.37. The number of carboxylic acid groups (broad SMARTS) is 1. The van der Waals surface area contributed by atoms with Crippen LogP contribution in [0.5, 0.6) is 11.5 Å². The Hall–Kier alpha value is -3.53. The number of aromatic nitrogens is 3. The van der Waals surface area contributed by atoms with E-state index in [9.17, 15) is 9.59 Å². The zero-order valence-electron chi connectivity index (χ0n) is 16.9. The molecule has 31 heavy (non-hydrogen) atoms. The number of thioether (sulfide) groups is 1. The highest BCUT2D eigenvalue weighted by atomic mass is 32.2. The Morgan fingerprint density at radius 3 is 2.77 bits per heavy atom. The van der Waals surface area contributed by atoms with Gasteiger partial charge in [-0.15, -0.1) is 0 Å². The van der Waals surface area contributed by atoms with Crippen molar-refractivity contribution in [3.63, 3.8) is 0 Å². The van der Waals surface area contributed by atoms with Crippen molar-refractivity contribution in [2.45, 2.75) is 18.2 Å². The third-order valence-electron chi connectivity index (χ3n) is 4.71. The molecule has 1 aromatic heterocycles. The molecule has 10 heteroatoms. The van der Waals surface area contributed by atoms with E-state index in [4.69, 9.17) is 14.6 Å². The Balaban J connectivity index is 1.83. The molecule has 0 saturated heterocycles. The van der Waals surface area contributed by atoms with E-state index in [1.165, 1.54) is 11.8 Å². The van der Waals surface area contributed by atoms with E-state index < -0.39 is 18.7 Å². The number of carboxylic acids is 1. The van der Waals surface area contributed by atoms with Crippen LogP contribution in [0.25, 0.3) is 11.3 Å². The second kappa shape index (κ2) is 8.68. The van der Waals surface area contributed by atoms with Crippen molar-refractivity contribution in [1.82, 2.24) is 10.1 Å². The Labute approximate surface area is 182 Å². The van der Waals surface area contributed by atoms with Crippen LogP contribution in [0.4, 0.5) is 5.69 Å². The van der Waals surface area contributed by atoms with E-state index in [-0.39, 0.29) is 5.56 Å². The molecule has 0 bridgehead atoms. The van der Waals surface area contributed by atoms with Gasteiger partial charge in [0.25, 0.3) is 6.17 Å². The maximum Gasteiger partial charge on any atom is 0.341 e. The molecule has 3 N–H and O–H groups in total. The van der Waals surface area contributed by atoms with Gasteiger partial charge >= 0.3 is 17.2 Å². The second-order valence-corrected chi connectivity index (χ2v) is 7.47. The van der Waals surface area contributed by atoms with Gasteiger partial charge < -0.3 is 19.9 Å². The minimum atomic E-state index is -1.07. The molecule has 1 aliphatic rings.